The van der Waals surface area contributed by atoms with Crippen molar-refractivity contribution < 1.29 is 4.79 Å². The number of piperidine rings is 1. The first kappa shape index (κ1) is 18.0. The molecule has 0 saturated carbocycles. The third kappa shape index (κ3) is 3.18. The number of likely N-dealkylation sites (tertiary alicyclic amines) is 1. The van der Waals surface area contributed by atoms with Crippen LogP contribution in [0, 0.1) is 5.92 Å². The molecule has 0 spiro atoms. The van der Waals surface area contributed by atoms with Crippen molar-refractivity contribution in [3.63, 3.8) is 0 Å². The van der Waals surface area contributed by atoms with Crippen LogP contribution in [0.5, 0.6) is 0 Å². The molecule has 2 heterocycles. The highest BCUT2D eigenvalue weighted by atomic mass is 79.9. The normalized spacial score (nSPS) is 25.8. The molecule has 2 aromatic carbocycles. The first-order valence-corrected chi connectivity index (χ1v) is 11.1. The van der Waals surface area contributed by atoms with Gasteiger partial charge in [-0.05, 0) is 73.1 Å². The maximum atomic E-state index is 13.0. The number of nitrogens with one attached hydrogen (secondary N) is 1. The number of anilines is 1. The van der Waals surface area contributed by atoms with Gasteiger partial charge in [0.2, 0.25) is 0 Å². The standard InChI is InChI=1S/C24H25BrN2O/c25-18-10-7-16(8-11-18)23-20-6-4-5-19(20)21-15-17(9-12-22(21)26-23)24(28)27-13-2-1-3-14-27/h4-5,7-12,15,19-20,23,26H,1-3,6,13-14H2/t19-,20-,23+/m1/s1. The van der Waals surface area contributed by atoms with Crippen LogP contribution in [0.1, 0.15) is 59.1 Å². The Kier molecular flexibility index (Phi) is 4.75. The Balaban J connectivity index is 1.47. The number of hydrogen-bond acceptors (Lipinski definition) is 2. The van der Waals surface area contributed by atoms with E-state index in [0.717, 1.165) is 48.1 Å². The van der Waals surface area contributed by atoms with Crippen LogP contribution in [-0.4, -0.2) is 23.9 Å². The van der Waals surface area contributed by atoms with Crippen molar-refractivity contribution in [3.8, 4) is 0 Å². The molecule has 1 N–H and O–H groups in total. The molecule has 2 aliphatic heterocycles. The maximum Gasteiger partial charge on any atom is 0.253 e. The van der Waals surface area contributed by atoms with Crippen molar-refractivity contribution in [3.05, 3.63) is 75.8 Å². The van der Waals surface area contributed by atoms with E-state index in [1.165, 1.54) is 17.5 Å². The van der Waals surface area contributed by atoms with Gasteiger partial charge in [0.15, 0.2) is 0 Å². The number of amides is 1. The number of halogens is 1. The van der Waals surface area contributed by atoms with Gasteiger partial charge < -0.3 is 10.2 Å². The fraction of sp³-hybridized carbons (Fsp3) is 0.375. The number of rotatable bonds is 2. The summed E-state index contributed by atoms with van der Waals surface area (Å²) in [6.07, 6.45) is 9.20. The molecule has 1 fully saturated rings. The zero-order valence-electron chi connectivity index (χ0n) is 15.9. The SMILES string of the molecule is O=C(c1ccc2c(c1)[C@@H]1C=CC[C@H]1[C@H](c1ccc(Br)cc1)N2)N1CCCCC1. The minimum absolute atomic E-state index is 0.191. The van der Waals surface area contributed by atoms with Gasteiger partial charge in [0.05, 0.1) is 6.04 Å². The van der Waals surface area contributed by atoms with Crippen molar-refractivity contribution in [2.45, 2.75) is 37.6 Å². The lowest BCUT2D eigenvalue weighted by Crippen LogP contribution is -2.36. The average Bonchev–Trinajstić information content (AvgIpc) is 3.24. The summed E-state index contributed by atoms with van der Waals surface area (Å²) < 4.78 is 1.11. The Labute approximate surface area is 174 Å². The predicted molar refractivity (Wildman–Crippen MR) is 117 cm³/mol. The van der Waals surface area contributed by atoms with E-state index in [9.17, 15) is 4.79 Å². The molecule has 1 aliphatic carbocycles. The minimum atomic E-state index is 0.191. The van der Waals surface area contributed by atoms with Crippen LogP contribution in [-0.2, 0) is 0 Å². The summed E-state index contributed by atoms with van der Waals surface area (Å²) in [7, 11) is 0. The second kappa shape index (κ2) is 7.40. The molecule has 1 saturated heterocycles. The molecular weight excluding hydrogens is 412 g/mol. The monoisotopic (exact) mass is 436 g/mol. The van der Waals surface area contributed by atoms with E-state index in [4.69, 9.17) is 0 Å². The number of fused-ring (bicyclic) bond motifs is 3. The van der Waals surface area contributed by atoms with Gasteiger partial charge in [0.1, 0.15) is 0 Å². The zero-order valence-corrected chi connectivity index (χ0v) is 17.5. The van der Waals surface area contributed by atoms with E-state index in [1.807, 2.05) is 11.0 Å². The van der Waals surface area contributed by atoms with Crippen LogP contribution < -0.4 is 5.32 Å². The first-order chi connectivity index (χ1) is 13.7. The van der Waals surface area contributed by atoms with E-state index < -0.39 is 0 Å². The summed E-state index contributed by atoms with van der Waals surface area (Å²) in [5.74, 6) is 1.06. The first-order valence-electron chi connectivity index (χ1n) is 10.3. The van der Waals surface area contributed by atoms with E-state index in [2.05, 4.69) is 69.8 Å². The molecule has 5 rings (SSSR count). The van der Waals surface area contributed by atoms with Gasteiger partial charge in [0.25, 0.3) is 5.91 Å². The Hall–Kier alpha value is -2.07. The molecule has 3 aliphatic rings. The Morgan fingerprint density at radius 3 is 2.61 bits per heavy atom. The number of allylic oxidation sites excluding steroid dienone is 2. The lowest BCUT2D eigenvalue weighted by Gasteiger charge is -2.38. The zero-order chi connectivity index (χ0) is 19.1. The maximum absolute atomic E-state index is 13.0. The van der Waals surface area contributed by atoms with Crippen LogP contribution in [0.3, 0.4) is 0 Å². The fourth-order valence-electron chi connectivity index (χ4n) is 5.01. The number of carbonyl (C=O) groups excluding carboxylic acids is 1. The van der Waals surface area contributed by atoms with Crippen LogP contribution >= 0.6 is 15.9 Å². The third-order valence-corrected chi connectivity index (χ3v) is 7.01. The third-order valence-electron chi connectivity index (χ3n) is 6.48. The highest BCUT2D eigenvalue weighted by Crippen LogP contribution is 2.50. The molecule has 144 valence electrons. The topological polar surface area (TPSA) is 32.3 Å². The van der Waals surface area contributed by atoms with Crippen LogP contribution in [0.2, 0.25) is 0 Å². The van der Waals surface area contributed by atoms with E-state index in [-0.39, 0.29) is 5.91 Å². The molecule has 0 unspecified atom stereocenters. The number of benzene rings is 2. The molecule has 2 aromatic rings. The number of hydrogen-bond donors (Lipinski definition) is 1. The Morgan fingerprint density at radius 2 is 1.82 bits per heavy atom. The summed E-state index contributed by atoms with van der Waals surface area (Å²) in [4.78, 5) is 15.0. The van der Waals surface area contributed by atoms with Crippen LogP contribution in [0.4, 0.5) is 5.69 Å². The van der Waals surface area contributed by atoms with Gasteiger partial charge in [-0.3, -0.25) is 4.79 Å². The van der Waals surface area contributed by atoms with E-state index >= 15 is 0 Å². The molecule has 0 bridgehead atoms. The van der Waals surface area contributed by atoms with Crippen molar-refractivity contribution in [2.24, 2.45) is 5.92 Å². The molecular formula is C24H25BrN2O. The summed E-state index contributed by atoms with van der Waals surface area (Å²) in [5.41, 5.74) is 4.59. The largest absolute Gasteiger partial charge is 0.378 e. The van der Waals surface area contributed by atoms with Crippen LogP contribution in [0.15, 0.2) is 59.1 Å². The smallest absolute Gasteiger partial charge is 0.253 e. The second-order valence-corrected chi connectivity index (χ2v) is 9.10. The predicted octanol–water partition coefficient (Wildman–Crippen LogP) is 5.90. The summed E-state index contributed by atoms with van der Waals surface area (Å²) in [5, 5.41) is 3.77. The Bertz CT molecular complexity index is 915. The molecule has 4 heteroatoms. The van der Waals surface area contributed by atoms with Gasteiger partial charge >= 0.3 is 0 Å². The average molecular weight is 437 g/mol. The highest BCUT2D eigenvalue weighted by Gasteiger charge is 2.38. The lowest BCUT2D eigenvalue weighted by molar-refractivity contribution is 0.0724. The van der Waals surface area contributed by atoms with Crippen LogP contribution in [0.25, 0.3) is 0 Å². The quantitative estimate of drug-likeness (QED) is 0.594. The molecule has 0 aromatic heterocycles. The number of carbonyl (C=O) groups is 1. The molecule has 3 atom stereocenters. The van der Waals surface area contributed by atoms with E-state index in [1.54, 1.807) is 0 Å². The lowest BCUT2D eigenvalue weighted by atomic mass is 9.76. The summed E-state index contributed by atoms with van der Waals surface area (Å²) in [6, 6.07) is 15.2. The molecule has 28 heavy (non-hydrogen) atoms. The molecule has 0 radical (unpaired) electrons. The van der Waals surface area contributed by atoms with Gasteiger partial charge in [-0.15, -0.1) is 0 Å². The molecule has 1 amide bonds. The Morgan fingerprint density at radius 1 is 1.04 bits per heavy atom. The second-order valence-electron chi connectivity index (χ2n) is 8.18. The van der Waals surface area contributed by atoms with Crippen molar-refractivity contribution in [1.29, 1.82) is 0 Å². The van der Waals surface area contributed by atoms with Gasteiger partial charge in [-0.2, -0.15) is 0 Å². The summed E-state index contributed by atoms with van der Waals surface area (Å²) in [6.45, 7) is 1.79. The van der Waals surface area contributed by atoms with Crippen molar-refractivity contribution in [2.75, 3.05) is 18.4 Å². The summed E-state index contributed by atoms with van der Waals surface area (Å²) >= 11 is 3.54. The minimum Gasteiger partial charge on any atom is -0.378 e. The van der Waals surface area contributed by atoms with Crippen molar-refractivity contribution >= 4 is 27.5 Å². The molecule has 3 nitrogen and oxygen atoms in total. The van der Waals surface area contributed by atoms with Gasteiger partial charge in [0, 0.05) is 34.7 Å². The highest BCUT2D eigenvalue weighted by molar-refractivity contribution is 9.10. The fourth-order valence-corrected chi connectivity index (χ4v) is 5.27. The number of nitrogens with zero attached hydrogens (tertiary/aromatic N) is 1. The van der Waals surface area contributed by atoms with Crippen molar-refractivity contribution in [1.82, 2.24) is 4.90 Å². The van der Waals surface area contributed by atoms with Gasteiger partial charge in [-0.25, -0.2) is 0 Å². The van der Waals surface area contributed by atoms with Gasteiger partial charge in [-0.1, -0.05) is 40.2 Å². The van der Waals surface area contributed by atoms with E-state index in [0.29, 0.717) is 17.9 Å².